The van der Waals surface area contributed by atoms with Crippen LogP contribution in [-0.2, 0) is 4.79 Å². The quantitative estimate of drug-likeness (QED) is 0.444. The zero-order valence-corrected chi connectivity index (χ0v) is 22.3. The summed E-state index contributed by atoms with van der Waals surface area (Å²) < 4.78 is 0. The van der Waals surface area contributed by atoms with E-state index < -0.39 is 5.97 Å². The first-order valence-corrected chi connectivity index (χ1v) is 13.7. The van der Waals surface area contributed by atoms with Gasteiger partial charge in [0.2, 0.25) is 0 Å². The summed E-state index contributed by atoms with van der Waals surface area (Å²) in [6.45, 7) is 20.1. The summed E-state index contributed by atoms with van der Waals surface area (Å²) in [4.78, 5) is 11.6. The van der Waals surface area contributed by atoms with E-state index in [4.69, 9.17) is 0 Å². The molecule has 0 radical (unpaired) electrons. The first kappa shape index (κ1) is 24.3. The molecule has 9 atom stereocenters. The number of fused-ring (bicyclic) bond motifs is 5. The molecule has 3 fully saturated rings. The third-order valence-corrected chi connectivity index (χ3v) is 12.4. The fourth-order valence-corrected chi connectivity index (χ4v) is 10.1. The van der Waals surface area contributed by atoms with E-state index >= 15 is 0 Å². The fourth-order valence-electron chi connectivity index (χ4n) is 10.1. The predicted octanol–water partition coefficient (Wildman–Crippen LogP) is 8.36. The second kappa shape index (κ2) is 7.88. The van der Waals surface area contributed by atoms with Crippen LogP contribution in [0.1, 0.15) is 113 Å². The Morgan fingerprint density at radius 2 is 1.75 bits per heavy atom. The highest BCUT2D eigenvalue weighted by molar-refractivity contribution is 5.66. The van der Waals surface area contributed by atoms with Crippen molar-refractivity contribution in [1.82, 2.24) is 0 Å². The van der Waals surface area contributed by atoms with Crippen LogP contribution in [0.25, 0.3) is 0 Å². The van der Waals surface area contributed by atoms with Crippen molar-refractivity contribution in [2.24, 2.45) is 57.2 Å². The molecule has 0 heterocycles. The van der Waals surface area contributed by atoms with Gasteiger partial charge in [0.1, 0.15) is 0 Å². The van der Waals surface area contributed by atoms with E-state index in [0.29, 0.717) is 29.6 Å². The Bertz CT molecular complexity index is 782. The number of carboxylic acids is 1. The molecule has 0 aromatic rings. The number of aliphatic carboxylic acids is 1. The Morgan fingerprint density at radius 3 is 2.38 bits per heavy atom. The lowest BCUT2D eigenvalue weighted by molar-refractivity contribution is -0.160. The molecular weight excluding hydrogens is 392 g/mol. The van der Waals surface area contributed by atoms with E-state index in [2.05, 4.69) is 61.5 Å². The van der Waals surface area contributed by atoms with Crippen LogP contribution in [0, 0.1) is 57.2 Å². The molecular formula is C30H50O2. The van der Waals surface area contributed by atoms with Crippen molar-refractivity contribution in [3.05, 3.63) is 11.6 Å². The molecule has 4 aliphatic carbocycles. The minimum atomic E-state index is -0.627. The maximum Gasteiger partial charge on any atom is 0.303 e. The molecule has 4 rings (SSSR count). The van der Waals surface area contributed by atoms with Crippen molar-refractivity contribution in [2.45, 2.75) is 113 Å². The molecule has 3 unspecified atom stereocenters. The molecule has 2 nitrogen and oxygen atoms in total. The lowest BCUT2D eigenvalue weighted by atomic mass is 9.35. The average molecular weight is 443 g/mol. The molecule has 0 bridgehead atoms. The van der Waals surface area contributed by atoms with Crippen LogP contribution in [0.5, 0.6) is 0 Å². The maximum absolute atomic E-state index is 11.6. The van der Waals surface area contributed by atoms with Crippen LogP contribution in [0.15, 0.2) is 11.6 Å². The van der Waals surface area contributed by atoms with Gasteiger partial charge in [-0.15, -0.1) is 0 Å². The van der Waals surface area contributed by atoms with Crippen molar-refractivity contribution < 1.29 is 9.90 Å². The molecule has 4 aliphatic rings. The molecule has 1 N–H and O–H groups in total. The molecule has 0 spiro atoms. The zero-order valence-electron chi connectivity index (χ0n) is 22.3. The van der Waals surface area contributed by atoms with Crippen LogP contribution in [0.3, 0.4) is 0 Å². The Hall–Kier alpha value is -0.790. The molecule has 3 saturated carbocycles. The van der Waals surface area contributed by atoms with Crippen LogP contribution >= 0.6 is 0 Å². The molecule has 0 saturated heterocycles. The molecule has 0 aromatic heterocycles. The van der Waals surface area contributed by atoms with Crippen LogP contribution in [-0.4, -0.2) is 11.1 Å². The highest BCUT2D eigenvalue weighted by Gasteiger charge is 2.65. The highest BCUT2D eigenvalue weighted by Crippen LogP contribution is 2.74. The fraction of sp³-hybridized carbons (Fsp3) is 0.900. The lowest BCUT2D eigenvalue weighted by Gasteiger charge is -2.69. The third kappa shape index (κ3) is 3.28. The number of hydrogen-bond donors (Lipinski definition) is 1. The van der Waals surface area contributed by atoms with Gasteiger partial charge in [0.25, 0.3) is 0 Å². The second-order valence-electron chi connectivity index (χ2n) is 14.0. The van der Waals surface area contributed by atoms with Crippen LogP contribution in [0.2, 0.25) is 0 Å². The normalized spacial score (nSPS) is 50.8. The summed E-state index contributed by atoms with van der Waals surface area (Å²) in [5.41, 5.74) is 2.93. The monoisotopic (exact) mass is 442 g/mol. The summed E-state index contributed by atoms with van der Waals surface area (Å²) in [5, 5.41) is 9.58. The van der Waals surface area contributed by atoms with Crippen LogP contribution < -0.4 is 0 Å². The van der Waals surface area contributed by atoms with Crippen molar-refractivity contribution in [3.8, 4) is 0 Å². The summed E-state index contributed by atoms with van der Waals surface area (Å²) in [7, 11) is 0. The standard InChI is InChI=1S/C30H50O2/c1-19(2)22-12-16-30(8)24(28(22,6)15-13-25(31)32)10-9-23-26-21(4)20(3)11-14-27(26,5)17-18-29(23,30)7/h9,19-22,24,26H,10-18H2,1-8H3,(H,31,32)/t20-,21+,22?,24?,26?,27-,28+,29-,30-/m1/s1. The number of carboxylic acid groups (broad SMARTS) is 1. The third-order valence-electron chi connectivity index (χ3n) is 12.4. The van der Waals surface area contributed by atoms with Gasteiger partial charge in [-0.25, -0.2) is 0 Å². The van der Waals surface area contributed by atoms with Gasteiger partial charge in [-0.1, -0.05) is 67.0 Å². The number of hydrogen-bond acceptors (Lipinski definition) is 1. The maximum atomic E-state index is 11.6. The van der Waals surface area contributed by atoms with Crippen molar-refractivity contribution >= 4 is 5.97 Å². The van der Waals surface area contributed by atoms with Gasteiger partial charge in [0, 0.05) is 6.42 Å². The van der Waals surface area contributed by atoms with Gasteiger partial charge >= 0.3 is 5.97 Å². The SMILES string of the molecule is CC(C)C1CC[C@]2(C)C(CC=C3C4[C@@H](C)[C@H](C)CC[C@]4(C)CC[C@]32C)[C@@]1(C)CCC(=O)O. The Labute approximate surface area is 198 Å². The topological polar surface area (TPSA) is 37.3 Å². The van der Waals surface area contributed by atoms with Crippen LogP contribution in [0.4, 0.5) is 0 Å². The van der Waals surface area contributed by atoms with Crippen molar-refractivity contribution in [1.29, 1.82) is 0 Å². The summed E-state index contributed by atoms with van der Waals surface area (Å²) in [6.07, 6.45) is 13.1. The Morgan fingerprint density at radius 1 is 1.06 bits per heavy atom. The molecule has 32 heavy (non-hydrogen) atoms. The van der Waals surface area contributed by atoms with E-state index in [-0.39, 0.29) is 16.2 Å². The molecule has 2 heteroatoms. The lowest BCUT2D eigenvalue weighted by Crippen LogP contribution is -2.61. The molecule has 0 aromatic carbocycles. The molecule has 0 amide bonds. The average Bonchev–Trinajstić information content (AvgIpc) is 2.70. The number of carbonyl (C=O) groups is 1. The largest absolute Gasteiger partial charge is 0.481 e. The Kier molecular flexibility index (Phi) is 5.99. The number of allylic oxidation sites excluding steroid dienone is 2. The van der Waals surface area contributed by atoms with E-state index in [1.807, 2.05) is 5.57 Å². The first-order chi connectivity index (χ1) is 14.8. The van der Waals surface area contributed by atoms with E-state index in [1.54, 1.807) is 0 Å². The van der Waals surface area contributed by atoms with Gasteiger partial charge in [-0.05, 0) is 109 Å². The first-order valence-electron chi connectivity index (χ1n) is 13.7. The zero-order chi connectivity index (χ0) is 23.7. The van der Waals surface area contributed by atoms with E-state index in [0.717, 1.165) is 30.6 Å². The van der Waals surface area contributed by atoms with Gasteiger partial charge in [-0.2, -0.15) is 0 Å². The van der Waals surface area contributed by atoms with Crippen molar-refractivity contribution in [3.63, 3.8) is 0 Å². The summed E-state index contributed by atoms with van der Waals surface area (Å²) in [6, 6.07) is 0. The van der Waals surface area contributed by atoms with Gasteiger partial charge in [0.15, 0.2) is 0 Å². The van der Waals surface area contributed by atoms with Gasteiger partial charge in [-0.3, -0.25) is 4.79 Å². The predicted molar refractivity (Wildman–Crippen MR) is 133 cm³/mol. The summed E-state index contributed by atoms with van der Waals surface area (Å²) >= 11 is 0. The smallest absolute Gasteiger partial charge is 0.303 e. The second-order valence-corrected chi connectivity index (χ2v) is 14.0. The number of rotatable bonds is 4. The highest BCUT2D eigenvalue weighted by atomic mass is 16.4. The van der Waals surface area contributed by atoms with Gasteiger partial charge < -0.3 is 5.11 Å². The van der Waals surface area contributed by atoms with E-state index in [9.17, 15) is 9.90 Å². The minimum absolute atomic E-state index is 0.108. The summed E-state index contributed by atoms with van der Waals surface area (Å²) in [5.74, 6) is 3.52. The minimum Gasteiger partial charge on any atom is -0.481 e. The molecule has 0 aliphatic heterocycles. The van der Waals surface area contributed by atoms with Gasteiger partial charge in [0.05, 0.1) is 0 Å². The van der Waals surface area contributed by atoms with E-state index in [1.165, 1.54) is 38.5 Å². The van der Waals surface area contributed by atoms with Crippen molar-refractivity contribution in [2.75, 3.05) is 0 Å². The molecule has 182 valence electrons. The Balaban J connectivity index is 1.79.